The molecule has 0 unspecified atom stereocenters. The highest BCUT2D eigenvalue weighted by Crippen LogP contribution is 2.11. The molecule has 0 aliphatic heterocycles. The van der Waals surface area contributed by atoms with E-state index >= 15 is 0 Å². The van der Waals surface area contributed by atoms with Crippen molar-refractivity contribution in [3.05, 3.63) is 12.1 Å². The van der Waals surface area contributed by atoms with Gasteiger partial charge in [-0.3, -0.25) is 0 Å². The molecule has 0 saturated heterocycles. The van der Waals surface area contributed by atoms with Crippen LogP contribution in [-0.2, 0) is 0 Å². The molecule has 0 N–H and O–H groups in total. The van der Waals surface area contributed by atoms with Crippen molar-refractivity contribution in [3.63, 3.8) is 0 Å². The van der Waals surface area contributed by atoms with Crippen molar-refractivity contribution in [2.75, 3.05) is 14.2 Å². The third-order valence-electron chi connectivity index (χ3n) is 1.57. The van der Waals surface area contributed by atoms with E-state index in [2.05, 4.69) is 0 Å². The van der Waals surface area contributed by atoms with E-state index in [-0.39, 0.29) is 0 Å². The fraction of sp³-hybridized carbons (Fsp3) is 0.250. The van der Waals surface area contributed by atoms with Crippen molar-refractivity contribution in [1.29, 1.82) is 0 Å². The number of hydrogen-bond donors (Lipinski definition) is 0. The Balaban J connectivity index is 3.22. The Kier molecular flexibility index (Phi) is 2.69. The van der Waals surface area contributed by atoms with Gasteiger partial charge in [-0.05, 0) is 17.6 Å². The Hall–Kier alpha value is -1.05. The summed E-state index contributed by atoms with van der Waals surface area (Å²) in [4.78, 5) is 0. The van der Waals surface area contributed by atoms with Gasteiger partial charge in [0.25, 0.3) is 0 Å². The molecule has 1 aromatic rings. The molecule has 58 valence electrons. The summed E-state index contributed by atoms with van der Waals surface area (Å²) >= 11 is 0. The average molecular weight is 158 g/mol. The van der Waals surface area contributed by atoms with Crippen LogP contribution in [0, 0.1) is 0 Å². The first kappa shape index (κ1) is 9.04. The van der Waals surface area contributed by atoms with E-state index in [4.69, 9.17) is 25.2 Å². The Morgan fingerprint density at radius 2 is 1.42 bits per heavy atom. The lowest BCUT2D eigenvalue weighted by atomic mass is 9.87. The van der Waals surface area contributed by atoms with E-state index in [0.717, 1.165) is 0 Å². The highest BCUT2D eigenvalue weighted by molar-refractivity contribution is 6.39. The molecule has 0 aliphatic rings. The molecule has 12 heavy (non-hydrogen) atoms. The van der Waals surface area contributed by atoms with Crippen LogP contribution in [0.15, 0.2) is 12.1 Å². The fourth-order valence-electron chi connectivity index (χ4n) is 0.959. The number of methoxy groups -OCH3 is 2. The minimum atomic E-state index is 0.467. The maximum absolute atomic E-state index is 5.67. The predicted octanol–water partition coefficient (Wildman–Crippen LogP) is -0.709. The van der Waals surface area contributed by atoms with Crippen molar-refractivity contribution < 1.29 is 9.47 Å². The fourth-order valence-corrected chi connectivity index (χ4v) is 0.959. The molecule has 0 aromatic heterocycles. The normalized spacial score (nSPS) is 9.50. The van der Waals surface area contributed by atoms with Crippen LogP contribution in [0.2, 0.25) is 0 Å². The summed E-state index contributed by atoms with van der Waals surface area (Å²) in [5.41, 5.74) is 1.03. The third kappa shape index (κ3) is 1.58. The minimum Gasteiger partial charge on any atom is -0.497 e. The lowest BCUT2D eigenvalue weighted by molar-refractivity contribution is 0.401. The Morgan fingerprint density at radius 1 is 1.00 bits per heavy atom. The van der Waals surface area contributed by atoms with Crippen LogP contribution in [0.3, 0.4) is 0 Å². The van der Waals surface area contributed by atoms with Crippen LogP contribution < -0.4 is 20.4 Å². The first-order valence-electron chi connectivity index (χ1n) is 3.46. The van der Waals surface area contributed by atoms with Crippen molar-refractivity contribution in [3.8, 4) is 11.5 Å². The summed E-state index contributed by atoms with van der Waals surface area (Å²) in [6.07, 6.45) is 0. The summed E-state index contributed by atoms with van der Waals surface area (Å²) in [6.45, 7) is 0. The maximum atomic E-state index is 5.67. The number of ether oxygens (including phenoxy) is 2. The third-order valence-corrected chi connectivity index (χ3v) is 1.57. The highest BCUT2D eigenvalue weighted by atomic mass is 16.5. The molecular weight excluding hydrogens is 150 g/mol. The van der Waals surface area contributed by atoms with Crippen LogP contribution >= 0.6 is 0 Å². The second-order valence-corrected chi connectivity index (χ2v) is 2.34. The lowest BCUT2D eigenvalue weighted by Crippen LogP contribution is -2.16. The second kappa shape index (κ2) is 3.57. The number of hydrogen-bond acceptors (Lipinski definition) is 2. The molecule has 1 aromatic carbocycles. The molecule has 0 bridgehead atoms. The molecule has 0 heterocycles. The van der Waals surface area contributed by atoms with Gasteiger partial charge in [0.15, 0.2) is 0 Å². The van der Waals surface area contributed by atoms with E-state index in [1.54, 1.807) is 12.1 Å². The molecule has 2 nitrogen and oxygen atoms in total. The minimum absolute atomic E-state index is 0.467. The first-order chi connectivity index (χ1) is 5.69. The molecular formula is C8H8B2O2. The molecule has 0 aliphatic carbocycles. The molecule has 0 amide bonds. The summed E-state index contributed by atoms with van der Waals surface area (Å²) < 4.78 is 9.97. The van der Waals surface area contributed by atoms with Gasteiger partial charge in [-0.2, -0.15) is 0 Å². The van der Waals surface area contributed by atoms with E-state index < -0.39 is 0 Å². The topological polar surface area (TPSA) is 18.5 Å². The summed E-state index contributed by atoms with van der Waals surface area (Å²) in [5, 5.41) is 0. The van der Waals surface area contributed by atoms with Crippen LogP contribution in [0.5, 0.6) is 11.5 Å². The zero-order chi connectivity index (χ0) is 9.14. The van der Waals surface area contributed by atoms with Crippen LogP contribution in [0.1, 0.15) is 0 Å². The Labute approximate surface area is 74.7 Å². The highest BCUT2D eigenvalue weighted by Gasteiger charge is 2.04. The average Bonchev–Trinajstić information content (AvgIpc) is 2.08. The summed E-state index contributed by atoms with van der Waals surface area (Å²) in [5.74, 6) is 1.07. The van der Waals surface area contributed by atoms with Gasteiger partial charge in [-0.25, -0.2) is 0 Å². The maximum Gasteiger partial charge on any atom is 0.124 e. The summed E-state index contributed by atoms with van der Waals surface area (Å²) in [7, 11) is 14.3. The van der Waals surface area contributed by atoms with Gasteiger partial charge in [-0.1, -0.05) is 5.46 Å². The van der Waals surface area contributed by atoms with Gasteiger partial charge in [0, 0.05) is 0 Å². The largest absolute Gasteiger partial charge is 0.497 e. The molecule has 0 fully saturated rings. The molecule has 4 radical (unpaired) electrons. The zero-order valence-electron chi connectivity index (χ0n) is 7.13. The lowest BCUT2D eigenvalue weighted by Gasteiger charge is -2.11. The Morgan fingerprint density at radius 3 is 1.75 bits per heavy atom. The van der Waals surface area contributed by atoms with Crippen molar-refractivity contribution in [2.24, 2.45) is 0 Å². The SMILES string of the molecule is [B]c1cc(OC)c([B])c(OC)c1. The smallest absolute Gasteiger partial charge is 0.124 e. The van der Waals surface area contributed by atoms with E-state index in [0.29, 0.717) is 22.4 Å². The van der Waals surface area contributed by atoms with Crippen molar-refractivity contribution in [2.45, 2.75) is 0 Å². The Bertz CT molecular complexity index is 261. The van der Waals surface area contributed by atoms with Gasteiger partial charge >= 0.3 is 0 Å². The molecule has 4 heteroatoms. The zero-order valence-corrected chi connectivity index (χ0v) is 7.13. The van der Waals surface area contributed by atoms with Crippen LogP contribution in [0.4, 0.5) is 0 Å². The van der Waals surface area contributed by atoms with E-state index in [1.165, 1.54) is 14.2 Å². The number of benzene rings is 1. The van der Waals surface area contributed by atoms with E-state index in [1.807, 2.05) is 0 Å². The van der Waals surface area contributed by atoms with Crippen LogP contribution in [-0.4, -0.2) is 29.9 Å². The molecule has 1 rings (SSSR count). The molecule has 0 saturated carbocycles. The molecule has 0 atom stereocenters. The number of rotatable bonds is 2. The van der Waals surface area contributed by atoms with Gasteiger partial charge in [-0.15, -0.1) is 0 Å². The standard InChI is InChI=1S/C8H8B2O2/c1-11-6-3-5(9)4-7(12-2)8(6)10/h3-4H,1-2H3. The first-order valence-corrected chi connectivity index (χ1v) is 3.46. The predicted molar refractivity (Wildman–Crippen MR) is 50.3 cm³/mol. The second-order valence-electron chi connectivity index (χ2n) is 2.34. The van der Waals surface area contributed by atoms with Gasteiger partial charge in [0.05, 0.1) is 14.2 Å². The summed E-state index contributed by atoms with van der Waals surface area (Å²) in [6, 6.07) is 3.30. The quantitative estimate of drug-likeness (QED) is 0.529. The van der Waals surface area contributed by atoms with Crippen molar-refractivity contribution >= 4 is 26.6 Å². The van der Waals surface area contributed by atoms with Gasteiger partial charge in [0.2, 0.25) is 0 Å². The van der Waals surface area contributed by atoms with Gasteiger partial charge < -0.3 is 9.47 Å². The monoisotopic (exact) mass is 158 g/mol. The van der Waals surface area contributed by atoms with Crippen LogP contribution in [0.25, 0.3) is 0 Å². The molecule has 0 spiro atoms. The van der Waals surface area contributed by atoms with Gasteiger partial charge in [0.1, 0.15) is 27.2 Å². The van der Waals surface area contributed by atoms with Crippen molar-refractivity contribution in [1.82, 2.24) is 0 Å². The van der Waals surface area contributed by atoms with E-state index in [9.17, 15) is 0 Å².